The van der Waals surface area contributed by atoms with Gasteiger partial charge in [-0.15, -0.1) is 0 Å². The Morgan fingerprint density at radius 1 is 1.22 bits per heavy atom. The number of aliphatic hydroxyl groups is 2. The van der Waals surface area contributed by atoms with Gasteiger partial charge in [-0.05, 0) is 55.2 Å². The van der Waals surface area contributed by atoms with Crippen LogP contribution in [-0.4, -0.2) is 45.9 Å². The molecule has 0 bridgehead atoms. The highest BCUT2D eigenvalue weighted by Gasteiger charge is 2.68. The average Bonchev–Trinajstić information content (AvgIpc) is 3.08. The Morgan fingerprint density at radius 2 is 1.92 bits per heavy atom. The van der Waals surface area contributed by atoms with Gasteiger partial charge in [0.25, 0.3) is 0 Å². The molecule has 1 heterocycles. The molecular formula is C30H39NO5. The maximum atomic E-state index is 14.2. The van der Waals surface area contributed by atoms with Gasteiger partial charge in [0.15, 0.2) is 0 Å². The molecule has 2 aliphatic carbocycles. The zero-order valence-corrected chi connectivity index (χ0v) is 21.7. The molecule has 1 aromatic carbocycles. The Morgan fingerprint density at radius 3 is 2.58 bits per heavy atom. The van der Waals surface area contributed by atoms with Crippen molar-refractivity contribution in [2.45, 2.75) is 70.8 Å². The molecule has 3 aliphatic rings. The molecule has 6 nitrogen and oxygen atoms in total. The molecule has 1 aliphatic heterocycles. The molecule has 9 atom stereocenters. The molecule has 4 rings (SSSR count). The summed E-state index contributed by atoms with van der Waals surface area (Å²) in [7, 11) is 0. The Kier molecular flexibility index (Phi) is 7.31. The van der Waals surface area contributed by atoms with Crippen molar-refractivity contribution in [3.8, 4) is 0 Å². The van der Waals surface area contributed by atoms with Gasteiger partial charge >= 0.3 is 5.97 Å². The Hall–Kier alpha value is -2.70. The summed E-state index contributed by atoms with van der Waals surface area (Å²) in [6.45, 7) is 11.3. The molecule has 3 N–H and O–H groups in total. The number of hydrogen-bond donors (Lipinski definition) is 3. The maximum Gasteiger partial charge on any atom is 0.303 e. The first-order chi connectivity index (χ1) is 17.0. The number of carbonyl (C=O) groups excluding carboxylic acids is 2. The van der Waals surface area contributed by atoms with Crippen LogP contribution in [0.2, 0.25) is 0 Å². The lowest BCUT2D eigenvalue weighted by Gasteiger charge is -2.52. The van der Waals surface area contributed by atoms with Gasteiger partial charge in [-0.25, -0.2) is 0 Å². The highest BCUT2D eigenvalue weighted by Crippen LogP contribution is 2.58. The minimum atomic E-state index is -1.26. The number of esters is 1. The fraction of sp³-hybridized carbons (Fsp3) is 0.533. The van der Waals surface area contributed by atoms with Crippen molar-refractivity contribution in [3.63, 3.8) is 0 Å². The van der Waals surface area contributed by atoms with Crippen LogP contribution in [0, 0.1) is 29.1 Å². The number of amides is 1. The Labute approximate surface area is 214 Å². The molecule has 6 heteroatoms. The van der Waals surface area contributed by atoms with Crippen LogP contribution in [0.25, 0.3) is 0 Å². The Balaban J connectivity index is 1.92. The minimum Gasteiger partial charge on any atom is -0.457 e. The lowest BCUT2D eigenvalue weighted by Crippen LogP contribution is -2.60. The summed E-state index contributed by atoms with van der Waals surface area (Å²) in [4.78, 5) is 26.5. The van der Waals surface area contributed by atoms with Gasteiger partial charge in [0.05, 0.1) is 11.7 Å². The highest BCUT2D eigenvalue weighted by atomic mass is 16.5. The van der Waals surface area contributed by atoms with Crippen LogP contribution in [0.1, 0.15) is 46.1 Å². The number of allylic oxidation sites excluding steroid dienone is 1. The third-order valence-corrected chi connectivity index (χ3v) is 8.43. The van der Waals surface area contributed by atoms with Crippen molar-refractivity contribution in [1.29, 1.82) is 0 Å². The molecule has 36 heavy (non-hydrogen) atoms. The average molecular weight is 494 g/mol. The van der Waals surface area contributed by atoms with E-state index in [2.05, 4.69) is 18.8 Å². The van der Waals surface area contributed by atoms with Gasteiger partial charge in [-0.3, -0.25) is 9.59 Å². The van der Waals surface area contributed by atoms with Gasteiger partial charge in [-0.1, -0.05) is 69.0 Å². The molecule has 2 fully saturated rings. The summed E-state index contributed by atoms with van der Waals surface area (Å²) in [6, 6.07) is 9.73. The second kappa shape index (κ2) is 9.98. The standard InChI is InChI=1S/C30H39NO5/c1-18-10-9-13-23-27(33)20(3)19(2)26-24(16-22-11-7-6-8-12-22)31-28(34)30(23,26)25(36-21(4)32)14-15-29(5,35)17-18/h6-9,11-15,18-19,23-27,33,35H,3,10,16-17H2,1-2,4-5H3,(H,31,34)/b13-9+,15-14?/t18-,19+,23-,24-,25?,26-,27+,29-,30-/m0/s1. The molecule has 0 aromatic heterocycles. The molecule has 0 radical (unpaired) electrons. The van der Waals surface area contributed by atoms with Crippen molar-refractivity contribution >= 4 is 11.9 Å². The lowest BCUT2D eigenvalue weighted by molar-refractivity contribution is -0.166. The molecule has 1 aromatic rings. The van der Waals surface area contributed by atoms with Crippen molar-refractivity contribution < 1.29 is 24.5 Å². The summed E-state index contributed by atoms with van der Waals surface area (Å²) < 4.78 is 5.89. The van der Waals surface area contributed by atoms with Crippen molar-refractivity contribution in [1.82, 2.24) is 5.32 Å². The van der Waals surface area contributed by atoms with E-state index in [1.807, 2.05) is 49.4 Å². The zero-order chi connectivity index (χ0) is 26.3. The van der Waals surface area contributed by atoms with E-state index in [-0.39, 0.29) is 29.7 Å². The van der Waals surface area contributed by atoms with E-state index < -0.39 is 35.1 Å². The first kappa shape index (κ1) is 26.4. The topological polar surface area (TPSA) is 95.9 Å². The molecule has 1 unspecified atom stereocenters. The summed E-state index contributed by atoms with van der Waals surface area (Å²) in [5.41, 5.74) is -0.635. The van der Waals surface area contributed by atoms with Crippen LogP contribution in [0.4, 0.5) is 0 Å². The predicted octanol–water partition coefficient (Wildman–Crippen LogP) is 3.74. The number of hydrogen-bond acceptors (Lipinski definition) is 5. The van der Waals surface area contributed by atoms with Crippen LogP contribution in [-0.2, 0) is 20.7 Å². The van der Waals surface area contributed by atoms with Crippen LogP contribution >= 0.6 is 0 Å². The van der Waals surface area contributed by atoms with Crippen LogP contribution in [0.3, 0.4) is 0 Å². The molecule has 1 amide bonds. The first-order valence-corrected chi connectivity index (χ1v) is 12.9. The first-order valence-electron chi connectivity index (χ1n) is 12.9. The fourth-order valence-electron chi connectivity index (χ4n) is 6.90. The monoisotopic (exact) mass is 493 g/mol. The van der Waals surface area contributed by atoms with Gasteiger partial charge in [0.1, 0.15) is 11.5 Å². The second-order valence-electron chi connectivity index (χ2n) is 11.3. The molecule has 1 saturated heterocycles. The van der Waals surface area contributed by atoms with E-state index in [1.54, 1.807) is 19.1 Å². The summed E-state index contributed by atoms with van der Waals surface area (Å²) in [6.07, 6.45) is 7.09. The predicted molar refractivity (Wildman–Crippen MR) is 139 cm³/mol. The van der Waals surface area contributed by atoms with Crippen molar-refractivity contribution in [3.05, 3.63) is 72.4 Å². The van der Waals surface area contributed by atoms with Gasteiger partial charge < -0.3 is 20.3 Å². The maximum absolute atomic E-state index is 14.2. The van der Waals surface area contributed by atoms with Gasteiger partial charge in [0.2, 0.25) is 5.91 Å². The number of ether oxygens (including phenoxy) is 1. The largest absolute Gasteiger partial charge is 0.457 e. The van der Waals surface area contributed by atoms with Crippen LogP contribution < -0.4 is 5.32 Å². The van der Waals surface area contributed by atoms with E-state index in [0.717, 1.165) is 5.56 Å². The summed E-state index contributed by atoms with van der Waals surface area (Å²) in [5, 5.41) is 25.8. The second-order valence-corrected chi connectivity index (χ2v) is 11.3. The van der Waals surface area contributed by atoms with Crippen LogP contribution in [0.5, 0.6) is 0 Å². The number of nitrogens with one attached hydrogen (secondary N) is 1. The quantitative estimate of drug-likeness (QED) is 0.440. The van der Waals surface area contributed by atoms with Crippen LogP contribution in [0.15, 0.2) is 66.8 Å². The van der Waals surface area contributed by atoms with Crippen molar-refractivity contribution in [2.24, 2.45) is 29.1 Å². The third kappa shape index (κ3) is 4.69. The smallest absolute Gasteiger partial charge is 0.303 e. The van der Waals surface area contributed by atoms with E-state index in [1.165, 1.54) is 6.92 Å². The SMILES string of the molecule is C=C1[C@@H](C)[C@H]2[C@H](Cc3ccccc3)NC(=O)[C@@]23C(OC(C)=O)C=C[C@](C)(O)C[C@@H](C)C/C=C/[C@H]3[C@@H]1O. The number of aliphatic hydroxyl groups excluding tert-OH is 1. The van der Waals surface area contributed by atoms with Gasteiger partial charge in [0, 0.05) is 24.8 Å². The van der Waals surface area contributed by atoms with E-state index in [9.17, 15) is 19.8 Å². The van der Waals surface area contributed by atoms with Gasteiger partial charge in [-0.2, -0.15) is 0 Å². The van der Waals surface area contributed by atoms with E-state index >= 15 is 0 Å². The summed E-state index contributed by atoms with van der Waals surface area (Å²) in [5.74, 6) is -1.75. The fourth-order valence-corrected chi connectivity index (χ4v) is 6.90. The van der Waals surface area contributed by atoms with E-state index in [4.69, 9.17) is 4.74 Å². The third-order valence-electron chi connectivity index (χ3n) is 8.43. The lowest BCUT2D eigenvalue weighted by atomic mass is 9.51. The number of carbonyl (C=O) groups is 2. The number of rotatable bonds is 3. The summed E-state index contributed by atoms with van der Waals surface area (Å²) >= 11 is 0. The molecule has 194 valence electrons. The molecular weight excluding hydrogens is 454 g/mol. The Bertz CT molecular complexity index is 1060. The zero-order valence-electron chi connectivity index (χ0n) is 21.7. The molecule has 1 saturated carbocycles. The van der Waals surface area contributed by atoms with Crippen molar-refractivity contribution in [2.75, 3.05) is 0 Å². The normalized spacial score (nSPS) is 41.4. The number of benzene rings is 1. The minimum absolute atomic E-state index is 0.170. The highest BCUT2D eigenvalue weighted by molar-refractivity contribution is 5.89. The molecule has 1 spiro atoms. The van der Waals surface area contributed by atoms with E-state index in [0.29, 0.717) is 24.8 Å².